The number of anilines is 2. The standard InChI is InChI=1S/C23H20BrN5O3/c24-19-7-2-1-6-17(19)18-11-15-12-26-23(27-16-5-3-4-14(10-16)13-31)29-21(15)28-20(18)22(32)25-8-9-30/h1-7,10-12,30-31H,8-9,13H2,(H,25,32)(H,26,27,28,29). The molecule has 1 amide bonds. The van der Waals surface area contributed by atoms with E-state index in [0.29, 0.717) is 22.5 Å². The van der Waals surface area contributed by atoms with Crippen LogP contribution in [0, 0.1) is 0 Å². The van der Waals surface area contributed by atoms with Gasteiger partial charge in [0.05, 0.1) is 13.2 Å². The van der Waals surface area contributed by atoms with Gasteiger partial charge in [0.15, 0.2) is 5.65 Å². The van der Waals surface area contributed by atoms with Crippen molar-refractivity contribution >= 4 is 44.5 Å². The van der Waals surface area contributed by atoms with Crippen molar-refractivity contribution in [1.29, 1.82) is 0 Å². The van der Waals surface area contributed by atoms with Crippen molar-refractivity contribution in [3.63, 3.8) is 0 Å². The Kier molecular flexibility index (Phi) is 6.69. The van der Waals surface area contributed by atoms with Crippen molar-refractivity contribution in [1.82, 2.24) is 20.3 Å². The maximum absolute atomic E-state index is 12.8. The monoisotopic (exact) mass is 493 g/mol. The summed E-state index contributed by atoms with van der Waals surface area (Å²) in [6.45, 7) is -0.127. The molecule has 2 aromatic carbocycles. The first kappa shape index (κ1) is 21.8. The summed E-state index contributed by atoms with van der Waals surface area (Å²) in [5.41, 5.74) is 3.46. The lowest BCUT2D eigenvalue weighted by atomic mass is 10.0. The highest BCUT2D eigenvalue weighted by atomic mass is 79.9. The molecule has 0 radical (unpaired) electrons. The van der Waals surface area contributed by atoms with E-state index in [0.717, 1.165) is 21.3 Å². The van der Waals surface area contributed by atoms with Gasteiger partial charge in [-0.2, -0.15) is 4.98 Å². The zero-order valence-electron chi connectivity index (χ0n) is 16.9. The van der Waals surface area contributed by atoms with Crippen LogP contribution in [0.25, 0.3) is 22.2 Å². The van der Waals surface area contributed by atoms with Gasteiger partial charge < -0.3 is 20.8 Å². The molecule has 2 heterocycles. The topological polar surface area (TPSA) is 120 Å². The quantitative estimate of drug-likeness (QED) is 0.311. The van der Waals surface area contributed by atoms with E-state index in [4.69, 9.17) is 5.11 Å². The van der Waals surface area contributed by atoms with Crippen molar-refractivity contribution in [2.24, 2.45) is 0 Å². The Morgan fingerprint density at radius 2 is 1.84 bits per heavy atom. The maximum atomic E-state index is 12.8. The molecule has 0 atom stereocenters. The number of halogens is 1. The summed E-state index contributed by atoms with van der Waals surface area (Å²) in [4.78, 5) is 26.2. The second-order valence-corrected chi connectivity index (χ2v) is 7.79. The van der Waals surface area contributed by atoms with E-state index >= 15 is 0 Å². The van der Waals surface area contributed by atoms with Crippen molar-refractivity contribution < 1.29 is 15.0 Å². The van der Waals surface area contributed by atoms with Gasteiger partial charge in [0.25, 0.3) is 5.91 Å². The number of carbonyl (C=O) groups excluding carboxylic acids is 1. The summed E-state index contributed by atoms with van der Waals surface area (Å²) in [5.74, 6) is -0.0917. The molecule has 0 aliphatic rings. The summed E-state index contributed by atoms with van der Waals surface area (Å²) in [7, 11) is 0. The van der Waals surface area contributed by atoms with E-state index in [9.17, 15) is 9.90 Å². The van der Waals surface area contributed by atoms with Gasteiger partial charge in [-0.3, -0.25) is 4.79 Å². The SMILES string of the molecule is O=C(NCCO)c1nc2nc(Nc3cccc(CO)c3)ncc2cc1-c1ccccc1Br. The number of aliphatic hydroxyl groups is 2. The highest BCUT2D eigenvalue weighted by molar-refractivity contribution is 9.10. The number of hydrogen-bond donors (Lipinski definition) is 4. The lowest BCUT2D eigenvalue weighted by Crippen LogP contribution is -2.28. The molecule has 0 aliphatic carbocycles. The smallest absolute Gasteiger partial charge is 0.270 e. The van der Waals surface area contributed by atoms with Gasteiger partial charge in [-0.25, -0.2) is 9.97 Å². The number of nitrogens with one attached hydrogen (secondary N) is 2. The Morgan fingerprint density at radius 1 is 1.00 bits per heavy atom. The number of carbonyl (C=O) groups is 1. The molecular formula is C23H20BrN5O3. The molecule has 0 saturated heterocycles. The molecule has 32 heavy (non-hydrogen) atoms. The Balaban J connectivity index is 1.78. The fourth-order valence-electron chi connectivity index (χ4n) is 3.21. The average Bonchev–Trinajstić information content (AvgIpc) is 2.82. The third-order valence-corrected chi connectivity index (χ3v) is 5.40. The summed E-state index contributed by atoms with van der Waals surface area (Å²) in [6, 6.07) is 16.6. The number of hydrogen-bond acceptors (Lipinski definition) is 7. The molecule has 0 bridgehead atoms. The minimum absolute atomic E-state index is 0.0697. The lowest BCUT2D eigenvalue weighted by molar-refractivity contribution is 0.0941. The molecule has 0 unspecified atom stereocenters. The number of fused-ring (bicyclic) bond motifs is 1. The molecule has 4 rings (SSSR count). The predicted molar refractivity (Wildman–Crippen MR) is 126 cm³/mol. The lowest BCUT2D eigenvalue weighted by Gasteiger charge is -2.13. The van der Waals surface area contributed by atoms with Crippen LogP contribution < -0.4 is 10.6 Å². The fourth-order valence-corrected chi connectivity index (χ4v) is 3.71. The molecule has 4 N–H and O–H groups in total. The molecule has 162 valence electrons. The number of rotatable bonds is 7. The average molecular weight is 494 g/mol. The number of aromatic nitrogens is 3. The Bertz CT molecular complexity index is 1280. The number of pyridine rings is 1. The molecule has 2 aromatic heterocycles. The van der Waals surface area contributed by atoms with Crippen LogP contribution >= 0.6 is 15.9 Å². The number of nitrogens with zero attached hydrogens (tertiary/aromatic N) is 3. The highest BCUT2D eigenvalue weighted by Crippen LogP contribution is 2.32. The van der Waals surface area contributed by atoms with Gasteiger partial charge in [-0.1, -0.05) is 46.3 Å². The summed E-state index contributed by atoms with van der Waals surface area (Å²) >= 11 is 3.53. The first-order chi connectivity index (χ1) is 15.6. The zero-order chi connectivity index (χ0) is 22.5. The molecule has 0 fully saturated rings. The van der Waals surface area contributed by atoms with Crippen LogP contribution in [0.2, 0.25) is 0 Å². The Hall–Kier alpha value is -3.40. The second-order valence-electron chi connectivity index (χ2n) is 6.93. The predicted octanol–water partition coefficient (Wildman–Crippen LogP) is 3.41. The third kappa shape index (κ3) is 4.75. The van der Waals surface area contributed by atoms with Gasteiger partial charge >= 0.3 is 0 Å². The second kappa shape index (κ2) is 9.82. The molecule has 0 saturated carbocycles. The van der Waals surface area contributed by atoms with Crippen molar-refractivity contribution in [3.05, 3.63) is 76.5 Å². The molecule has 9 heteroatoms. The normalized spacial score (nSPS) is 10.8. The van der Waals surface area contributed by atoms with Crippen molar-refractivity contribution in [2.45, 2.75) is 6.61 Å². The van der Waals surface area contributed by atoms with E-state index < -0.39 is 5.91 Å². The van der Waals surface area contributed by atoms with E-state index in [1.165, 1.54) is 0 Å². The van der Waals surface area contributed by atoms with Crippen LogP contribution in [0.1, 0.15) is 16.1 Å². The number of benzene rings is 2. The van der Waals surface area contributed by atoms with Crippen molar-refractivity contribution in [3.8, 4) is 11.1 Å². The van der Waals surface area contributed by atoms with Gasteiger partial charge in [0, 0.05) is 33.9 Å². The van der Waals surface area contributed by atoms with Crippen LogP contribution in [-0.2, 0) is 6.61 Å². The molecule has 0 aliphatic heterocycles. The summed E-state index contributed by atoms with van der Waals surface area (Å²) < 4.78 is 0.820. The van der Waals surface area contributed by atoms with Gasteiger partial charge in [0.2, 0.25) is 5.95 Å². The van der Waals surface area contributed by atoms with Crippen LogP contribution in [0.4, 0.5) is 11.6 Å². The largest absolute Gasteiger partial charge is 0.395 e. The third-order valence-electron chi connectivity index (χ3n) is 4.71. The van der Waals surface area contributed by atoms with Gasteiger partial charge in [-0.15, -0.1) is 0 Å². The van der Waals surface area contributed by atoms with Gasteiger partial charge in [-0.05, 0) is 35.4 Å². The molecular weight excluding hydrogens is 474 g/mol. The first-order valence-electron chi connectivity index (χ1n) is 9.87. The molecule has 0 spiro atoms. The van der Waals surface area contributed by atoms with E-state index in [1.807, 2.05) is 48.5 Å². The van der Waals surface area contributed by atoms with E-state index in [-0.39, 0.29) is 25.5 Å². The van der Waals surface area contributed by atoms with Crippen LogP contribution in [-0.4, -0.2) is 44.2 Å². The number of aliphatic hydroxyl groups excluding tert-OH is 2. The fraction of sp³-hybridized carbons (Fsp3) is 0.130. The summed E-state index contributed by atoms with van der Waals surface area (Å²) in [6.07, 6.45) is 1.64. The minimum atomic E-state index is -0.407. The van der Waals surface area contributed by atoms with Crippen LogP contribution in [0.5, 0.6) is 0 Å². The number of amides is 1. The molecule has 4 aromatic rings. The van der Waals surface area contributed by atoms with Crippen molar-refractivity contribution in [2.75, 3.05) is 18.5 Å². The molecule has 8 nitrogen and oxygen atoms in total. The summed E-state index contributed by atoms with van der Waals surface area (Å²) in [5, 5.41) is 24.8. The van der Waals surface area contributed by atoms with E-state index in [1.54, 1.807) is 12.3 Å². The zero-order valence-corrected chi connectivity index (χ0v) is 18.5. The Labute approximate surface area is 192 Å². The van der Waals surface area contributed by atoms with Crippen LogP contribution in [0.15, 0.2) is 65.3 Å². The Morgan fingerprint density at radius 3 is 2.62 bits per heavy atom. The van der Waals surface area contributed by atoms with E-state index in [2.05, 4.69) is 41.5 Å². The highest BCUT2D eigenvalue weighted by Gasteiger charge is 2.18. The van der Waals surface area contributed by atoms with Crippen LogP contribution in [0.3, 0.4) is 0 Å². The first-order valence-corrected chi connectivity index (χ1v) is 10.7. The minimum Gasteiger partial charge on any atom is -0.395 e. The maximum Gasteiger partial charge on any atom is 0.270 e. The van der Waals surface area contributed by atoms with Gasteiger partial charge in [0.1, 0.15) is 5.69 Å².